The van der Waals surface area contributed by atoms with E-state index in [-0.39, 0.29) is 24.2 Å². The lowest BCUT2D eigenvalue weighted by atomic mass is 10.1. The smallest absolute Gasteiger partial charge is 0.353 e. The largest absolute Gasteiger partial charge is 0.419 e. The van der Waals surface area contributed by atoms with Gasteiger partial charge in [-0.05, 0) is 31.1 Å². The highest BCUT2D eigenvalue weighted by Crippen LogP contribution is 2.35. The lowest BCUT2D eigenvalue weighted by Gasteiger charge is -2.36. The van der Waals surface area contributed by atoms with Crippen molar-refractivity contribution in [3.8, 4) is 0 Å². The van der Waals surface area contributed by atoms with Gasteiger partial charge in [0, 0.05) is 49.6 Å². The van der Waals surface area contributed by atoms with Crippen molar-refractivity contribution in [2.75, 3.05) is 41.3 Å². The molecule has 3 fully saturated rings. The first kappa shape index (κ1) is 23.2. The van der Waals surface area contributed by atoms with Crippen LogP contribution >= 0.6 is 0 Å². The molecular formula is C23H22F3N9O2. The maximum Gasteiger partial charge on any atom is 0.419 e. The number of hydrogen-bond donors (Lipinski definition) is 2. The Bertz CT molecular complexity index is 1420. The molecule has 0 unspecified atom stereocenters. The summed E-state index contributed by atoms with van der Waals surface area (Å²) in [7, 11) is 0. The summed E-state index contributed by atoms with van der Waals surface area (Å²) < 4.78 is 42.0. The Morgan fingerprint density at radius 3 is 2.51 bits per heavy atom. The molecule has 14 heteroatoms. The molecule has 2 saturated heterocycles. The average Bonchev–Trinajstić information content (AvgIpc) is 3.51. The molecule has 1 saturated carbocycles. The maximum atomic E-state index is 13.5. The van der Waals surface area contributed by atoms with Gasteiger partial charge in [-0.15, -0.1) is 0 Å². The monoisotopic (exact) mass is 513 g/mol. The second-order valence-corrected chi connectivity index (χ2v) is 9.17. The number of nitrogens with zero attached hydrogens (tertiary/aromatic N) is 7. The number of rotatable bonds is 5. The van der Waals surface area contributed by atoms with Gasteiger partial charge in [0.15, 0.2) is 5.65 Å². The third-order valence-electron chi connectivity index (χ3n) is 6.47. The van der Waals surface area contributed by atoms with Crippen molar-refractivity contribution in [2.24, 2.45) is 0 Å². The Morgan fingerprint density at radius 1 is 1.08 bits per heavy atom. The van der Waals surface area contributed by atoms with Crippen LogP contribution in [0.25, 0.3) is 11.7 Å². The molecule has 0 aromatic carbocycles. The van der Waals surface area contributed by atoms with Crippen molar-refractivity contribution in [1.82, 2.24) is 29.9 Å². The van der Waals surface area contributed by atoms with Crippen LogP contribution in [0.3, 0.4) is 0 Å². The number of carbonyl (C=O) groups is 2. The molecule has 2 amide bonds. The van der Waals surface area contributed by atoms with E-state index in [4.69, 9.17) is 0 Å². The van der Waals surface area contributed by atoms with E-state index in [9.17, 15) is 22.8 Å². The van der Waals surface area contributed by atoms with Crippen molar-refractivity contribution in [2.45, 2.75) is 31.5 Å². The van der Waals surface area contributed by atoms with Gasteiger partial charge in [-0.2, -0.15) is 32.8 Å². The second kappa shape index (κ2) is 8.71. The molecular weight excluding hydrogens is 491 g/mol. The fourth-order valence-corrected chi connectivity index (χ4v) is 4.43. The first-order valence-electron chi connectivity index (χ1n) is 11.9. The van der Waals surface area contributed by atoms with E-state index in [0.717, 1.165) is 18.9 Å². The third-order valence-corrected chi connectivity index (χ3v) is 6.47. The molecule has 0 bridgehead atoms. The van der Waals surface area contributed by atoms with Crippen LogP contribution in [-0.2, 0) is 15.8 Å². The minimum atomic E-state index is -4.49. The SMILES string of the molecule is O=C1C/C(=C\c2cnn3c(NC4CC4)nc(N4CCN(c5ncccc5C(F)(F)F)CC4)nc23)C(=O)N1. The number of piperazine rings is 1. The Morgan fingerprint density at radius 2 is 1.84 bits per heavy atom. The lowest BCUT2D eigenvalue weighted by Crippen LogP contribution is -2.48. The zero-order valence-electron chi connectivity index (χ0n) is 19.5. The summed E-state index contributed by atoms with van der Waals surface area (Å²) >= 11 is 0. The van der Waals surface area contributed by atoms with Crippen molar-refractivity contribution in [1.29, 1.82) is 0 Å². The van der Waals surface area contributed by atoms with Gasteiger partial charge in [0.05, 0.1) is 18.2 Å². The molecule has 0 spiro atoms. The Labute approximate surface area is 208 Å². The molecule has 6 rings (SSSR count). The highest BCUT2D eigenvalue weighted by atomic mass is 19.4. The number of nitrogens with one attached hydrogen (secondary N) is 2. The van der Waals surface area contributed by atoms with Crippen LogP contribution in [0, 0.1) is 0 Å². The zero-order valence-corrected chi connectivity index (χ0v) is 19.5. The molecule has 3 aromatic heterocycles. The fraction of sp³-hybridized carbons (Fsp3) is 0.391. The third kappa shape index (κ3) is 4.54. The van der Waals surface area contributed by atoms with Gasteiger partial charge in [-0.25, -0.2) is 4.98 Å². The molecule has 192 valence electrons. The number of aromatic nitrogens is 5. The van der Waals surface area contributed by atoms with Gasteiger partial charge in [0.2, 0.25) is 17.8 Å². The first-order valence-corrected chi connectivity index (χ1v) is 11.9. The predicted octanol–water partition coefficient (Wildman–Crippen LogP) is 1.87. The summed E-state index contributed by atoms with van der Waals surface area (Å²) in [6.45, 7) is 1.37. The van der Waals surface area contributed by atoms with E-state index in [1.165, 1.54) is 12.3 Å². The summed E-state index contributed by atoms with van der Waals surface area (Å²) in [6, 6.07) is 2.59. The molecule has 1 aliphatic carbocycles. The van der Waals surface area contributed by atoms with Crippen molar-refractivity contribution in [3.63, 3.8) is 0 Å². The van der Waals surface area contributed by atoms with E-state index in [0.29, 0.717) is 54.9 Å². The van der Waals surface area contributed by atoms with Gasteiger partial charge in [0.25, 0.3) is 5.91 Å². The van der Waals surface area contributed by atoms with Gasteiger partial charge in [0.1, 0.15) is 5.82 Å². The molecule has 3 aliphatic rings. The Balaban J connectivity index is 1.30. The van der Waals surface area contributed by atoms with E-state index in [1.807, 2.05) is 4.90 Å². The van der Waals surface area contributed by atoms with Gasteiger partial charge in [-0.3, -0.25) is 14.9 Å². The molecule has 2 aliphatic heterocycles. The number of anilines is 3. The maximum absolute atomic E-state index is 13.5. The lowest BCUT2D eigenvalue weighted by molar-refractivity contribution is -0.137. The molecule has 11 nitrogen and oxygen atoms in total. The minimum absolute atomic E-state index is 0.0172. The number of imide groups is 1. The molecule has 5 heterocycles. The minimum Gasteiger partial charge on any atom is -0.353 e. The van der Waals surface area contributed by atoms with Crippen LogP contribution in [0.1, 0.15) is 30.4 Å². The highest BCUT2D eigenvalue weighted by molar-refractivity contribution is 6.15. The van der Waals surface area contributed by atoms with Crippen LogP contribution in [0.2, 0.25) is 0 Å². The van der Waals surface area contributed by atoms with Gasteiger partial charge < -0.3 is 15.1 Å². The van der Waals surface area contributed by atoms with Gasteiger partial charge >= 0.3 is 6.18 Å². The number of alkyl halides is 3. The number of hydrogen-bond acceptors (Lipinski definition) is 9. The summed E-state index contributed by atoms with van der Waals surface area (Å²) in [5.74, 6) is -0.00121. The standard InChI is InChI=1S/C23H22F3N9O2/c24-23(25,26)16-2-1-5-27-19(16)33-6-8-34(9-7-33)21-31-18-14(10-13-11-17(36)30-20(13)37)12-28-35(18)22(32-21)29-15-3-4-15/h1-2,5,10,12,15H,3-4,6-9,11H2,(H,29,31,32)(H,30,36,37)/b13-10+. The van der Waals surface area contributed by atoms with E-state index < -0.39 is 17.6 Å². The summed E-state index contributed by atoms with van der Waals surface area (Å²) in [6.07, 6.45) is 2.02. The number of fused-ring (bicyclic) bond motifs is 1. The Hall–Kier alpha value is -4.23. The van der Waals surface area contributed by atoms with Crippen molar-refractivity contribution < 1.29 is 22.8 Å². The molecule has 37 heavy (non-hydrogen) atoms. The van der Waals surface area contributed by atoms with Crippen LogP contribution in [-0.4, -0.2) is 68.6 Å². The predicted molar refractivity (Wildman–Crippen MR) is 127 cm³/mol. The Kier molecular flexibility index (Phi) is 5.46. The molecule has 2 N–H and O–H groups in total. The average molecular weight is 513 g/mol. The van der Waals surface area contributed by atoms with E-state index in [2.05, 4.69) is 30.7 Å². The number of amides is 2. The molecule has 3 aromatic rings. The van der Waals surface area contributed by atoms with Crippen molar-refractivity contribution in [3.05, 3.63) is 41.2 Å². The normalized spacial score (nSPS) is 19.7. The molecule has 0 radical (unpaired) electrons. The topological polar surface area (TPSA) is 121 Å². The van der Waals surface area contributed by atoms with Crippen LogP contribution < -0.4 is 20.4 Å². The van der Waals surface area contributed by atoms with E-state index in [1.54, 1.807) is 21.7 Å². The number of halogens is 3. The first-order chi connectivity index (χ1) is 17.8. The number of carbonyl (C=O) groups excluding carboxylic acids is 2. The van der Waals surface area contributed by atoms with Crippen LogP contribution in [0.5, 0.6) is 0 Å². The molecule has 0 atom stereocenters. The fourth-order valence-electron chi connectivity index (χ4n) is 4.43. The quantitative estimate of drug-likeness (QED) is 0.389. The van der Waals surface area contributed by atoms with Crippen molar-refractivity contribution >= 4 is 41.3 Å². The second-order valence-electron chi connectivity index (χ2n) is 9.17. The van der Waals surface area contributed by atoms with Gasteiger partial charge in [-0.1, -0.05) is 0 Å². The van der Waals surface area contributed by atoms with E-state index >= 15 is 0 Å². The van der Waals surface area contributed by atoms with Crippen LogP contribution in [0.4, 0.5) is 30.9 Å². The number of pyridine rings is 1. The zero-order chi connectivity index (χ0) is 25.7. The summed E-state index contributed by atoms with van der Waals surface area (Å²) in [5, 5.41) is 9.99. The highest BCUT2D eigenvalue weighted by Gasteiger charge is 2.36. The summed E-state index contributed by atoms with van der Waals surface area (Å²) in [5.41, 5.74) is 0.577. The van der Waals surface area contributed by atoms with Crippen LogP contribution in [0.15, 0.2) is 30.1 Å². The summed E-state index contributed by atoms with van der Waals surface area (Å²) in [4.78, 5) is 40.5.